The molecule has 1 aliphatic carbocycles. The number of ether oxygens (including phenoxy) is 1. The molecule has 0 spiro atoms. The summed E-state index contributed by atoms with van der Waals surface area (Å²) in [6.45, 7) is 0. The summed E-state index contributed by atoms with van der Waals surface area (Å²) in [6, 6.07) is 10.2. The predicted octanol–water partition coefficient (Wildman–Crippen LogP) is 1.86. The molecule has 1 aromatic rings. The van der Waals surface area contributed by atoms with Crippen LogP contribution in [0, 0.1) is 11.8 Å². The second kappa shape index (κ2) is 7.09. The summed E-state index contributed by atoms with van der Waals surface area (Å²) in [5, 5.41) is 29.9. The van der Waals surface area contributed by atoms with Gasteiger partial charge in [0.2, 0.25) is 0 Å². The molecule has 3 N–H and O–H groups in total. The van der Waals surface area contributed by atoms with E-state index in [0.29, 0.717) is 19.3 Å². The monoisotopic (exact) mass is 306 g/mol. The third kappa shape index (κ3) is 3.69. The van der Waals surface area contributed by atoms with Gasteiger partial charge in [0.1, 0.15) is 0 Å². The van der Waals surface area contributed by atoms with Crippen LogP contribution in [0.3, 0.4) is 0 Å². The van der Waals surface area contributed by atoms with Crippen LogP contribution in [0.1, 0.15) is 37.7 Å². The summed E-state index contributed by atoms with van der Waals surface area (Å²) >= 11 is 0. The van der Waals surface area contributed by atoms with Gasteiger partial charge >= 0.3 is 0 Å². The predicted molar refractivity (Wildman–Crippen MR) is 83.1 cm³/mol. The van der Waals surface area contributed by atoms with Gasteiger partial charge in [-0.3, -0.25) is 0 Å². The summed E-state index contributed by atoms with van der Waals surface area (Å²) in [5.41, 5.74) is 1.25. The molecule has 1 aromatic carbocycles. The molecule has 4 heteroatoms. The lowest BCUT2D eigenvalue weighted by Gasteiger charge is -2.21. The van der Waals surface area contributed by atoms with Crippen molar-refractivity contribution in [2.24, 2.45) is 11.8 Å². The molecule has 1 aliphatic heterocycles. The Bertz CT molecular complexity index is 463. The molecule has 0 aromatic heterocycles. The molecule has 1 heterocycles. The highest BCUT2D eigenvalue weighted by atomic mass is 16.6. The third-order valence-corrected chi connectivity index (χ3v) is 5.24. The Kier molecular flexibility index (Phi) is 5.14. The Morgan fingerprint density at radius 1 is 1.09 bits per heavy atom. The number of aliphatic hydroxyl groups is 3. The fraction of sp³-hybridized carbons (Fsp3) is 0.667. The molecule has 1 saturated carbocycles. The third-order valence-electron chi connectivity index (χ3n) is 5.24. The first-order valence-electron chi connectivity index (χ1n) is 8.37. The minimum Gasteiger partial charge on any atom is -0.393 e. The van der Waals surface area contributed by atoms with E-state index < -0.39 is 6.29 Å². The number of hydrogen-bond acceptors (Lipinski definition) is 4. The lowest BCUT2D eigenvalue weighted by Crippen LogP contribution is -2.22. The zero-order valence-corrected chi connectivity index (χ0v) is 12.8. The van der Waals surface area contributed by atoms with Gasteiger partial charge < -0.3 is 20.1 Å². The minimum atomic E-state index is -0.673. The highest BCUT2D eigenvalue weighted by Crippen LogP contribution is 2.44. The standard InChI is InChI=1S/C18H26O4/c19-13(7-6-12-4-2-1-3-5-12)8-9-14-15-10-18(21)22-17(15)11-16(14)20/h1-5,13-21H,6-11H2. The quantitative estimate of drug-likeness (QED) is 0.750. The average molecular weight is 306 g/mol. The van der Waals surface area contributed by atoms with E-state index in [1.807, 2.05) is 18.2 Å². The molecule has 3 rings (SSSR count). The zero-order chi connectivity index (χ0) is 15.5. The van der Waals surface area contributed by atoms with E-state index in [2.05, 4.69) is 12.1 Å². The SMILES string of the molecule is OC(CCc1ccccc1)CCC1C(O)CC2OC(O)CC21. The van der Waals surface area contributed by atoms with Crippen LogP contribution in [0.5, 0.6) is 0 Å². The fourth-order valence-electron chi connectivity index (χ4n) is 4.04. The Morgan fingerprint density at radius 3 is 2.64 bits per heavy atom. The largest absolute Gasteiger partial charge is 0.393 e. The molecular formula is C18H26O4. The maximum atomic E-state index is 10.2. The van der Waals surface area contributed by atoms with Gasteiger partial charge in [-0.25, -0.2) is 0 Å². The number of rotatable bonds is 6. The van der Waals surface area contributed by atoms with Crippen molar-refractivity contribution < 1.29 is 20.1 Å². The summed E-state index contributed by atoms with van der Waals surface area (Å²) in [7, 11) is 0. The molecule has 6 unspecified atom stereocenters. The van der Waals surface area contributed by atoms with Crippen LogP contribution >= 0.6 is 0 Å². The van der Waals surface area contributed by atoms with Crippen LogP contribution in [0.4, 0.5) is 0 Å². The molecule has 0 radical (unpaired) electrons. The van der Waals surface area contributed by atoms with Crippen molar-refractivity contribution in [2.75, 3.05) is 0 Å². The van der Waals surface area contributed by atoms with Gasteiger partial charge in [-0.15, -0.1) is 0 Å². The van der Waals surface area contributed by atoms with E-state index in [-0.39, 0.29) is 30.1 Å². The zero-order valence-electron chi connectivity index (χ0n) is 12.8. The van der Waals surface area contributed by atoms with E-state index >= 15 is 0 Å². The van der Waals surface area contributed by atoms with Crippen molar-refractivity contribution in [3.63, 3.8) is 0 Å². The van der Waals surface area contributed by atoms with Crippen LogP contribution < -0.4 is 0 Å². The van der Waals surface area contributed by atoms with Gasteiger partial charge in [-0.1, -0.05) is 30.3 Å². The molecular weight excluding hydrogens is 280 g/mol. The maximum absolute atomic E-state index is 10.2. The number of fused-ring (bicyclic) bond motifs is 1. The van der Waals surface area contributed by atoms with Gasteiger partial charge in [0.05, 0.1) is 18.3 Å². The molecule has 2 fully saturated rings. The molecule has 4 nitrogen and oxygen atoms in total. The van der Waals surface area contributed by atoms with Crippen molar-refractivity contribution in [3.8, 4) is 0 Å². The lowest BCUT2D eigenvalue weighted by atomic mass is 9.86. The molecule has 0 amide bonds. The summed E-state index contributed by atoms with van der Waals surface area (Å²) < 4.78 is 5.43. The fourth-order valence-corrected chi connectivity index (χ4v) is 4.04. The van der Waals surface area contributed by atoms with Crippen LogP contribution in [-0.2, 0) is 11.2 Å². The summed E-state index contributed by atoms with van der Waals surface area (Å²) in [4.78, 5) is 0. The van der Waals surface area contributed by atoms with Crippen LogP contribution in [0.25, 0.3) is 0 Å². The van der Waals surface area contributed by atoms with Crippen LogP contribution in [0.15, 0.2) is 30.3 Å². The summed E-state index contributed by atoms with van der Waals surface area (Å²) in [5.74, 6) is 0.389. The molecule has 22 heavy (non-hydrogen) atoms. The number of aliphatic hydroxyl groups excluding tert-OH is 3. The molecule has 122 valence electrons. The van der Waals surface area contributed by atoms with Crippen molar-refractivity contribution in [1.82, 2.24) is 0 Å². The van der Waals surface area contributed by atoms with Crippen molar-refractivity contribution in [2.45, 2.75) is 63.1 Å². The van der Waals surface area contributed by atoms with E-state index in [9.17, 15) is 15.3 Å². The first-order chi connectivity index (χ1) is 10.6. The minimum absolute atomic E-state index is 0.00328. The lowest BCUT2D eigenvalue weighted by molar-refractivity contribution is -0.0951. The first kappa shape index (κ1) is 15.9. The van der Waals surface area contributed by atoms with E-state index in [0.717, 1.165) is 19.3 Å². The van der Waals surface area contributed by atoms with E-state index in [4.69, 9.17) is 4.74 Å². The number of benzene rings is 1. The van der Waals surface area contributed by atoms with E-state index in [1.54, 1.807) is 0 Å². The van der Waals surface area contributed by atoms with Crippen LogP contribution in [0.2, 0.25) is 0 Å². The van der Waals surface area contributed by atoms with Crippen molar-refractivity contribution in [3.05, 3.63) is 35.9 Å². The van der Waals surface area contributed by atoms with E-state index in [1.165, 1.54) is 5.56 Å². The number of hydrogen-bond donors (Lipinski definition) is 3. The second-order valence-corrected chi connectivity index (χ2v) is 6.75. The van der Waals surface area contributed by atoms with Gasteiger partial charge in [-0.2, -0.15) is 0 Å². The summed E-state index contributed by atoms with van der Waals surface area (Å²) in [6.07, 6.45) is 3.00. The first-order valence-corrected chi connectivity index (χ1v) is 8.37. The average Bonchev–Trinajstić information content (AvgIpc) is 2.99. The highest BCUT2D eigenvalue weighted by Gasteiger charge is 2.48. The molecule has 2 aliphatic rings. The van der Waals surface area contributed by atoms with Crippen molar-refractivity contribution in [1.29, 1.82) is 0 Å². The number of aryl methyl sites for hydroxylation is 1. The Balaban J connectivity index is 1.43. The Labute approximate surface area is 131 Å². The maximum Gasteiger partial charge on any atom is 0.155 e. The second-order valence-electron chi connectivity index (χ2n) is 6.75. The van der Waals surface area contributed by atoms with Gasteiger partial charge in [0.15, 0.2) is 6.29 Å². The van der Waals surface area contributed by atoms with Crippen molar-refractivity contribution >= 4 is 0 Å². The van der Waals surface area contributed by atoms with Crippen LogP contribution in [-0.4, -0.2) is 39.9 Å². The highest BCUT2D eigenvalue weighted by molar-refractivity contribution is 5.14. The van der Waals surface area contributed by atoms with Gasteiger partial charge in [0, 0.05) is 12.8 Å². The normalized spacial score (nSPS) is 35.5. The smallest absolute Gasteiger partial charge is 0.155 e. The molecule has 0 bridgehead atoms. The van der Waals surface area contributed by atoms with Gasteiger partial charge in [-0.05, 0) is 43.1 Å². The molecule has 6 atom stereocenters. The Hall–Kier alpha value is -0.940. The molecule has 1 saturated heterocycles. The Morgan fingerprint density at radius 2 is 1.86 bits per heavy atom. The van der Waals surface area contributed by atoms with Gasteiger partial charge in [0.25, 0.3) is 0 Å². The topological polar surface area (TPSA) is 69.9 Å².